The van der Waals surface area contributed by atoms with Gasteiger partial charge in [-0.1, -0.05) is 72.8 Å². The molecule has 0 aliphatic carbocycles. The molecule has 0 radical (unpaired) electrons. The standard InChI is InChI=1S/C28H25N3O4/c1-18-9-5-8-14-23(18)30-28(35)31-24-17-21-13-7-6-12-20(21)16-22(24)26(32)29-25(27(33)34)15-19-10-3-2-4-11-19/h2-14,16-17,25H,15H2,1H3,(H,29,32)(H,33,34)(H2,30,31,35)/t25-/m0/s1. The summed E-state index contributed by atoms with van der Waals surface area (Å²) in [6.45, 7) is 1.88. The number of benzene rings is 4. The van der Waals surface area contributed by atoms with E-state index in [4.69, 9.17) is 0 Å². The van der Waals surface area contributed by atoms with Gasteiger partial charge in [0.25, 0.3) is 5.91 Å². The first-order valence-corrected chi connectivity index (χ1v) is 11.1. The molecule has 7 nitrogen and oxygen atoms in total. The fourth-order valence-electron chi connectivity index (χ4n) is 3.81. The Balaban J connectivity index is 1.61. The zero-order valence-corrected chi connectivity index (χ0v) is 19.1. The number of carbonyl (C=O) groups is 3. The van der Waals surface area contributed by atoms with Crippen LogP contribution in [0.1, 0.15) is 21.5 Å². The molecule has 0 spiro atoms. The van der Waals surface area contributed by atoms with Crippen LogP contribution < -0.4 is 16.0 Å². The van der Waals surface area contributed by atoms with E-state index in [2.05, 4.69) is 16.0 Å². The summed E-state index contributed by atoms with van der Waals surface area (Å²) in [4.78, 5) is 37.9. The molecule has 176 valence electrons. The van der Waals surface area contributed by atoms with Gasteiger partial charge in [0.1, 0.15) is 6.04 Å². The molecule has 0 aliphatic heterocycles. The molecule has 3 amide bonds. The number of rotatable bonds is 7. The molecule has 4 aromatic carbocycles. The third-order valence-electron chi connectivity index (χ3n) is 5.66. The van der Waals surface area contributed by atoms with Gasteiger partial charge in [-0.3, -0.25) is 4.79 Å². The van der Waals surface area contributed by atoms with E-state index in [1.54, 1.807) is 30.3 Å². The zero-order chi connectivity index (χ0) is 24.8. The Morgan fingerprint density at radius 2 is 1.37 bits per heavy atom. The molecule has 0 heterocycles. The van der Waals surface area contributed by atoms with Gasteiger partial charge in [0, 0.05) is 12.1 Å². The number of aryl methyl sites for hydroxylation is 1. The number of amides is 3. The van der Waals surface area contributed by atoms with E-state index in [9.17, 15) is 19.5 Å². The maximum atomic E-state index is 13.3. The van der Waals surface area contributed by atoms with Crippen molar-refractivity contribution in [3.05, 3.63) is 108 Å². The Labute approximate surface area is 202 Å². The van der Waals surface area contributed by atoms with Crippen LogP contribution in [0.2, 0.25) is 0 Å². The molecule has 0 unspecified atom stereocenters. The van der Waals surface area contributed by atoms with Gasteiger partial charge in [-0.15, -0.1) is 0 Å². The van der Waals surface area contributed by atoms with Crippen molar-refractivity contribution >= 4 is 40.1 Å². The number of carbonyl (C=O) groups excluding carboxylic acids is 2. The Kier molecular flexibility index (Phi) is 7.07. The van der Waals surface area contributed by atoms with E-state index >= 15 is 0 Å². The molecular formula is C28H25N3O4. The van der Waals surface area contributed by atoms with Gasteiger partial charge >= 0.3 is 12.0 Å². The van der Waals surface area contributed by atoms with Crippen LogP contribution in [0, 0.1) is 6.92 Å². The van der Waals surface area contributed by atoms with Crippen LogP contribution in [-0.4, -0.2) is 29.1 Å². The molecule has 0 fully saturated rings. The third-order valence-corrected chi connectivity index (χ3v) is 5.66. The van der Waals surface area contributed by atoms with Crippen molar-refractivity contribution in [2.24, 2.45) is 0 Å². The highest BCUT2D eigenvalue weighted by Gasteiger charge is 2.23. The maximum Gasteiger partial charge on any atom is 0.326 e. The highest BCUT2D eigenvalue weighted by molar-refractivity contribution is 6.10. The molecule has 0 aliphatic rings. The second-order valence-corrected chi connectivity index (χ2v) is 8.19. The highest BCUT2D eigenvalue weighted by Crippen LogP contribution is 2.25. The number of nitrogens with one attached hydrogen (secondary N) is 3. The molecule has 7 heteroatoms. The van der Waals surface area contributed by atoms with Crippen molar-refractivity contribution in [3.63, 3.8) is 0 Å². The fourth-order valence-corrected chi connectivity index (χ4v) is 3.81. The number of hydrogen-bond acceptors (Lipinski definition) is 3. The molecule has 4 rings (SSSR count). The van der Waals surface area contributed by atoms with Gasteiger partial charge in [-0.05, 0) is 47.0 Å². The minimum atomic E-state index is -1.14. The van der Waals surface area contributed by atoms with Crippen molar-refractivity contribution in [2.75, 3.05) is 10.6 Å². The number of hydrogen-bond donors (Lipinski definition) is 4. The molecule has 4 aromatic rings. The monoisotopic (exact) mass is 467 g/mol. The predicted octanol–water partition coefficient (Wildman–Crippen LogP) is 5.22. The average molecular weight is 468 g/mol. The lowest BCUT2D eigenvalue weighted by molar-refractivity contribution is -0.139. The Hall–Kier alpha value is -4.65. The van der Waals surface area contributed by atoms with Crippen LogP contribution in [0.3, 0.4) is 0 Å². The van der Waals surface area contributed by atoms with Crippen LogP contribution in [0.25, 0.3) is 10.8 Å². The molecule has 1 atom stereocenters. The van der Waals surface area contributed by atoms with Crippen LogP contribution in [0.15, 0.2) is 91.0 Å². The first kappa shape index (κ1) is 23.5. The maximum absolute atomic E-state index is 13.3. The summed E-state index contributed by atoms with van der Waals surface area (Å²) >= 11 is 0. The van der Waals surface area contributed by atoms with Crippen molar-refractivity contribution in [2.45, 2.75) is 19.4 Å². The molecule has 4 N–H and O–H groups in total. The van der Waals surface area contributed by atoms with Crippen molar-refractivity contribution in [1.29, 1.82) is 0 Å². The molecule has 35 heavy (non-hydrogen) atoms. The quantitative estimate of drug-likeness (QED) is 0.299. The van der Waals surface area contributed by atoms with Gasteiger partial charge in [-0.25, -0.2) is 9.59 Å². The Morgan fingerprint density at radius 1 is 0.771 bits per heavy atom. The molecule has 0 bridgehead atoms. The lowest BCUT2D eigenvalue weighted by Crippen LogP contribution is -2.42. The summed E-state index contributed by atoms with van der Waals surface area (Å²) in [5, 5.41) is 19.5. The normalized spacial score (nSPS) is 11.5. The van der Waals surface area contributed by atoms with Crippen LogP contribution in [-0.2, 0) is 11.2 Å². The fraction of sp³-hybridized carbons (Fsp3) is 0.107. The first-order valence-electron chi connectivity index (χ1n) is 11.1. The first-order chi connectivity index (χ1) is 16.9. The van der Waals surface area contributed by atoms with Gasteiger partial charge in [0.2, 0.25) is 0 Å². The predicted molar refractivity (Wildman–Crippen MR) is 137 cm³/mol. The molecular weight excluding hydrogens is 442 g/mol. The summed E-state index contributed by atoms with van der Waals surface area (Å²) in [6, 6.07) is 25.6. The van der Waals surface area contributed by atoms with Gasteiger partial charge in [0.15, 0.2) is 0 Å². The van der Waals surface area contributed by atoms with E-state index in [1.165, 1.54) is 0 Å². The van der Waals surface area contributed by atoms with Crippen molar-refractivity contribution in [1.82, 2.24) is 5.32 Å². The third kappa shape index (κ3) is 5.83. The number of urea groups is 1. The Bertz CT molecular complexity index is 1390. The number of anilines is 2. The lowest BCUT2D eigenvalue weighted by Gasteiger charge is -2.18. The minimum Gasteiger partial charge on any atom is -0.480 e. The minimum absolute atomic E-state index is 0.131. The van der Waals surface area contributed by atoms with E-state index in [0.717, 1.165) is 21.9 Å². The van der Waals surface area contributed by atoms with E-state index in [-0.39, 0.29) is 17.7 Å². The SMILES string of the molecule is Cc1ccccc1NC(=O)Nc1cc2ccccc2cc1C(=O)N[C@@H](Cc1ccccc1)C(=O)O. The largest absolute Gasteiger partial charge is 0.480 e. The summed E-state index contributed by atoms with van der Waals surface area (Å²) in [5.41, 5.74) is 2.77. The summed E-state index contributed by atoms with van der Waals surface area (Å²) in [7, 11) is 0. The van der Waals surface area contributed by atoms with Crippen LogP contribution in [0.4, 0.5) is 16.2 Å². The average Bonchev–Trinajstić information content (AvgIpc) is 2.85. The topological polar surface area (TPSA) is 108 Å². The molecule has 0 aromatic heterocycles. The van der Waals surface area contributed by atoms with Crippen LogP contribution >= 0.6 is 0 Å². The summed E-state index contributed by atoms with van der Waals surface area (Å²) in [6.07, 6.45) is 0.131. The van der Waals surface area contributed by atoms with Gasteiger partial charge in [0.05, 0.1) is 11.3 Å². The summed E-state index contributed by atoms with van der Waals surface area (Å²) in [5.74, 6) is -1.74. The van der Waals surface area contributed by atoms with E-state index in [0.29, 0.717) is 5.69 Å². The number of carboxylic acid groups (broad SMARTS) is 1. The Morgan fingerprint density at radius 3 is 2.06 bits per heavy atom. The smallest absolute Gasteiger partial charge is 0.326 e. The number of para-hydroxylation sites is 1. The second kappa shape index (κ2) is 10.5. The second-order valence-electron chi connectivity index (χ2n) is 8.19. The number of carboxylic acids is 1. The van der Waals surface area contributed by atoms with E-state index < -0.39 is 23.9 Å². The zero-order valence-electron chi connectivity index (χ0n) is 19.1. The molecule has 0 saturated heterocycles. The van der Waals surface area contributed by atoms with E-state index in [1.807, 2.05) is 67.6 Å². The lowest BCUT2D eigenvalue weighted by atomic mass is 10.0. The van der Waals surface area contributed by atoms with Gasteiger partial charge < -0.3 is 21.1 Å². The number of aliphatic carboxylic acids is 1. The highest BCUT2D eigenvalue weighted by atomic mass is 16.4. The molecule has 0 saturated carbocycles. The van der Waals surface area contributed by atoms with Gasteiger partial charge in [-0.2, -0.15) is 0 Å². The summed E-state index contributed by atoms with van der Waals surface area (Å²) < 4.78 is 0. The van der Waals surface area contributed by atoms with Crippen molar-refractivity contribution < 1.29 is 19.5 Å². The van der Waals surface area contributed by atoms with Crippen molar-refractivity contribution in [3.8, 4) is 0 Å². The van der Waals surface area contributed by atoms with Crippen LogP contribution in [0.5, 0.6) is 0 Å². The number of fused-ring (bicyclic) bond motifs is 1.